The number of aliphatic imine (C=N–C) groups is 1. The molecule has 0 amide bonds. The molecule has 0 atom stereocenters. The second-order valence-electron chi connectivity index (χ2n) is 5.80. The lowest BCUT2D eigenvalue weighted by molar-refractivity contribution is 0.353. The van der Waals surface area contributed by atoms with Gasteiger partial charge in [0.15, 0.2) is 15.8 Å². The highest BCUT2D eigenvalue weighted by Gasteiger charge is 2.40. The van der Waals surface area contributed by atoms with Gasteiger partial charge in [-0.2, -0.15) is 0 Å². The predicted octanol–water partition coefficient (Wildman–Crippen LogP) is 1.99. The SMILES string of the molecule is CN=C(NCCc1cccs1)N1CCS(=O)(=O)C(C)(C)C1.I. The van der Waals surface area contributed by atoms with Crippen molar-refractivity contribution in [3.05, 3.63) is 22.4 Å². The summed E-state index contributed by atoms with van der Waals surface area (Å²) in [5.74, 6) is 0.973. The molecule has 8 heteroatoms. The van der Waals surface area contributed by atoms with Crippen LogP contribution in [0.5, 0.6) is 0 Å². The largest absolute Gasteiger partial charge is 0.356 e. The third-order valence-electron chi connectivity index (χ3n) is 3.79. The van der Waals surface area contributed by atoms with E-state index in [-0.39, 0.29) is 29.7 Å². The second-order valence-corrected chi connectivity index (χ2v) is 9.58. The zero-order valence-electron chi connectivity index (χ0n) is 13.2. The first kappa shape index (κ1) is 19.7. The highest BCUT2D eigenvalue weighted by molar-refractivity contribution is 14.0. The van der Waals surface area contributed by atoms with Gasteiger partial charge in [0.2, 0.25) is 0 Å². The third kappa shape index (κ3) is 4.58. The van der Waals surface area contributed by atoms with Crippen molar-refractivity contribution in [1.29, 1.82) is 0 Å². The molecule has 0 spiro atoms. The Morgan fingerprint density at radius 2 is 2.23 bits per heavy atom. The Morgan fingerprint density at radius 3 is 2.77 bits per heavy atom. The maximum absolute atomic E-state index is 12.0. The Bertz CT molecular complexity index is 598. The van der Waals surface area contributed by atoms with Crippen molar-refractivity contribution in [2.75, 3.05) is 32.4 Å². The number of hydrogen-bond acceptors (Lipinski definition) is 4. The Balaban J connectivity index is 0.00000242. The monoisotopic (exact) mass is 457 g/mol. The Kier molecular flexibility index (Phi) is 7.13. The molecule has 1 N–H and O–H groups in total. The van der Waals surface area contributed by atoms with E-state index in [9.17, 15) is 8.42 Å². The lowest BCUT2D eigenvalue weighted by Crippen LogP contribution is -2.57. The van der Waals surface area contributed by atoms with E-state index in [2.05, 4.69) is 21.8 Å². The molecule has 1 fully saturated rings. The van der Waals surface area contributed by atoms with Crippen molar-refractivity contribution in [2.45, 2.75) is 25.0 Å². The molecule has 0 aromatic carbocycles. The van der Waals surface area contributed by atoms with Crippen LogP contribution >= 0.6 is 35.3 Å². The highest BCUT2D eigenvalue weighted by atomic mass is 127. The summed E-state index contributed by atoms with van der Waals surface area (Å²) >= 11 is 1.74. The molecule has 126 valence electrons. The molecule has 1 aromatic heterocycles. The first-order valence-corrected chi connectivity index (χ1v) is 9.59. The molecule has 1 aliphatic rings. The lowest BCUT2D eigenvalue weighted by Gasteiger charge is -2.39. The van der Waals surface area contributed by atoms with Crippen molar-refractivity contribution in [3.63, 3.8) is 0 Å². The summed E-state index contributed by atoms with van der Waals surface area (Å²) in [7, 11) is -1.27. The van der Waals surface area contributed by atoms with Gasteiger partial charge in [0.05, 0.1) is 10.5 Å². The minimum absolute atomic E-state index is 0. The average Bonchev–Trinajstić information content (AvgIpc) is 2.91. The molecule has 2 rings (SSSR count). The molecule has 1 saturated heterocycles. The van der Waals surface area contributed by atoms with Crippen molar-refractivity contribution < 1.29 is 8.42 Å². The lowest BCUT2D eigenvalue weighted by atomic mass is 10.2. The first-order valence-electron chi connectivity index (χ1n) is 7.06. The van der Waals surface area contributed by atoms with Crippen LogP contribution in [0, 0.1) is 0 Å². The van der Waals surface area contributed by atoms with Crippen LogP contribution in [0.15, 0.2) is 22.5 Å². The number of halogens is 1. The fourth-order valence-corrected chi connectivity index (χ4v) is 4.48. The molecule has 0 aliphatic carbocycles. The highest BCUT2D eigenvalue weighted by Crippen LogP contribution is 2.23. The van der Waals surface area contributed by atoms with E-state index < -0.39 is 14.6 Å². The first-order chi connectivity index (χ1) is 9.86. The van der Waals surface area contributed by atoms with E-state index in [4.69, 9.17) is 0 Å². The third-order valence-corrected chi connectivity index (χ3v) is 7.26. The van der Waals surface area contributed by atoms with E-state index >= 15 is 0 Å². The maximum Gasteiger partial charge on any atom is 0.193 e. The molecule has 0 bridgehead atoms. The van der Waals surface area contributed by atoms with Gasteiger partial charge in [-0.3, -0.25) is 4.99 Å². The summed E-state index contributed by atoms with van der Waals surface area (Å²) in [6, 6.07) is 4.17. The molecule has 0 unspecified atom stereocenters. The van der Waals surface area contributed by atoms with E-state index in [0.717, 1.165) is 18.9 Å². The summed E-state index contributed by atoms with van der Waals surface area (Å²) in [6.07, 6.45) is 0.951. The van der Waals surface area contributed by atoms with E-state index in [0.29, 0.717) is 13.1 Å². The van der Waals surface area contributed by atoms with Gasteiger partial charge in [0.1, 0.15) is 0 Å². The second kappa shape index (κ2) is 7.96. The average molecular weight is 457 g/mol. The Morgan fingerprint density at radius 1 is 1.50 bits per heavy atom. The van der Waals surface area contributed by atoms with E-state index in [1.165, 1.54) is 4.88 Å². The Labute approximate surface area is 154 Å². The molecule has 22 heavy (non-hydrogen) atoms. The number of nitrogens with one attached hydrogen (secondary N) is 1. The van der Waals surface area contributed by atoms with Crippen LogP contribution in [0.3, 0.4) is 0 Å². The normalized spacial score (nSPS) is 20.3. The number of nitrogens with zero attached hydrogens (tertiary/aromatic N) is 2. The molecular weight excluding hydrogens is 433 g/mol. The van der Waals surface area contributed by atoms with Crippen LogP contribution in [0.4, 0.5) is 0 Å². The zero-order valence-corrected chi connectivity index (χ0v) is 17.2. The van der Waals surface area contributed by atoms with Gasteiger partial charge in [0, 0.05) is 31.6 Å². The van der Waals surface area contributed by atoms with Gasteiger partial charge in [0.25, 0.3) is 0 Å². The van der Waals surface area contributed by atoms with Gasteiger partial charge in [-0.05, 0) is 31.7 Å². The summed E-state index contributed by atoms with van der Waals surface area (Å²) in [5.41, 5.74) is 0. The molecule has 2 heterocycles. The van der Waals surface area contributed by atoms with Gasteiger partial charge in [-0.15, -0.1) is 35.3 Å². The van der Waals surface area contributed by atoms with Crippen LogP contribution in [0.25, 0.3) is 0 Å². The number of rotatable bonds is 3. The van der Waals surface area contributed by atoms with Crippen LogP contribution in [0.1, 0.15) is 18.7 Å². The quantitative estimate of drug-likeness (QED) is 0.429. The summed E-state index contributed by atoms with van der Waals surface area (Å²) in [5, 5.41) is 5.40. The number of hydrogen-bond donors (Lipinski definition) is 1. The van der Waals surface area contributed by atoms with Crippen LogP contribution in [-0.2, 0) is 16.3 Å². The zero-order chi connectivity index (χ0) is 15.5. The van der Waals surface area contributed by atoms with Gasteiger partial charge < -0.3 is 10.2 Å². The summed E-state index contributed by atoms with van der Waals surface area (Å²) < 4.78 is 23.4. The molecule has 1 aromatic rings. The van der Waals surface area contributed by atoms with Crippen molar-refractivity contribution in [2.24, 2.45) is 4.99 Å². The number of thiophene rings is 1. The minimum atomic E-state index is -3.01. The van der Waals surface area contributed by atoms with E-state index in [1.807, 2.05) is 11.0 Å². The van der Waals surface area contributed by atoms with Crippen molar-refractivity contribution in [1.82, 2.24) is 10.2 Å². The van der Waals surface area contributed by atoms with Crippen LogP contribution < -0.4 is 5.32 Å². The van der Waals surface area contributed by atoms with Crippen LogP contribution in [-0.4, -0.2) is 56.5 Å². The smallest absolute Gasteiger partial charge is 0.193 e. The molecule has 0 radical (unpaired) electrons. The molecule has 5 nitrogen and oxygen atoms in total. The number of guanidine groups is 1. The molecular formula is C14H24IN3O2S2. The fourth-order valence-electron chi connectivity index (χ4n) is 2.41. The van der Waals surface area contributed by atoms with Gasteiger partial charge in [-0.25, -0.2) is 8.42 Å². The predicted molar refractivity (Wildman–Crippen MR) is 104 cm³/mol. The Hall–Kier alpha value is -0.350. The number of sulfone groups is 1. The maximum atomic E-state index is 12.0. The summed E-state index contributed by atoms with van der Waals surface area (Å²) in [4.78, 5) is 7.65. The standard InChI is InChI=1S/C14H23N3O2S2.HI/c1-14(2)11-17(8-10-21(14,18)19)13(15-3)16-7-6-12-5-4-9-20-12;/h4-5,9H,6-8,10-11H2,1-3H3,(H,15,16);1H. The van der Waals surface area contributed by atoms with Crippen molar-refractivity contribution in [3.8, 4) is 0 Å². The van der Waals surface area contributed by atoms with E-state index in [1.54, 1.807) is 32.2 Å². The topological polar surface area (TPSA) is 61.8 Å². The van der Waals surface area contributed by atoms with Gasteiger partial charge >= 0.3 is 0 Å². The molecule has 0 saturated carbocycles. The minimum Gasteiger partial charge on any atom is -0.356 e. The van der Waals surface area contributed by atoms with Crippen molar-refractivity contribution >= 4 is 51.1 Å². The fraction of sp³-hybridized carbons (Fsp3) is 0.643. The van der Waals surface area contributed by atoms with Gasteiger partial charge in [-0.1, -0.05) is 6.07 Å². The van der Waals surface area contributed by atoms with Crippen LogP contribution in [0.2, 0.25) is 0 Å². The molecule has 1 aliphatic heterocycles. The summed E-state index contributed by atoms with van der Waals surface area (Å²) in [6.45, 7) is 5.36.